The molecule has 132 valence electrons. The fraction of sp³-hybridized carbons (Fsp3) is 0.105. The van der Waals surface area contributed by atoms with Crippen molar-refractivity contribution in [3.05, 3.63) is 53.6 Å². The van der Waals surface area contributed by atoms with E-state index >= 15 is 0 Å². The third-order valence-corrected chi connectivity index (χ3v) is 3.58. The van der Waals surface area contributed by atoms with Crippen LogP contribution in [0, 0.1) is 17.8 Å². The highest BCUT2D eigenvalue weighted by Crippen LogP contribution is 2.24. The molecule has 7 nitrogen and oxygen atoms in total. The summed E-state index contributed by atoms with van der Waals surface area (Å²) in [5.74, 6) is 1.54. The molecule has 2 aromatic rings. The molecule has 0 heterocycles. The average Bonchev–Trinajstić information content (AvgIpc) is 2.65. The van der Waals surface area contributed by atoms with Gasteiger partial charge in [-0.1, -0.05) is 18.1 Å². The molecular weight excluding hydrogens is 330 g/mol. The molecule has 2 aromatic carbocycles. The Bertz CT molecular complexity index is 899. The van der Waals surface area contributed by atoms with E-state index in [1.54, 1.807) is 42.5 Å². The van der Waals surface area contributed by atoms with Crippen molar-refractivity contribution in [3.63, 3.8) is 0 Å². The number of hydrogen-bond donors (Lipinski definition) is 5. The first-order valence-corrected chi connectivity index (χ1v) is 7.76. The first kappa shape index (κ1) is 18.5. The van der Waals surface area contributed by atoms with Crippen molar-refractivity contribution < 1.29 is 9.59 Å². The summed E-state index contributed by atoms with van der Waals surface area (Å²) in [7, 11) is 1.45. The number of rotatable bonds is 6. The Morgan fingerprint density at radius 1 is 1.19 bits per heavy atom. The number of amides is 2. The summed E-state index contributed by atoms with van der Waals surface area (Å²) in [6, 6.07) is 11.8. The van der Waals surface area contributed by atoms with E-state index in [-0.39, 0.29) is 23.9 Å². The van der Waals surface area contributed by atoms with Crippen LogP contribution in [0.25, 0.3) is 0 Å². The minimum atomic E-state index is -0.520. The number of nitrogens with one attached hydrogen (secondary N) is 4. The van der Waals surface area contributed by atoms with Crippen LogP contribution in [-0.4, -0.2) is 31.1 Å². The Morgan fingerprint density at radius 3 is 2.58 bits per heavy atom. The van der Waals surface area contributed by atoms with E-state index in [1.165, 1.54) is 7.05 Å². The van der Waals surface area contributed by atoms with Gasteiger partial charge in [-0.05, 0) is 30.3 Å². The Morgan fingerprint density at radius 2 is 1.92 bits per heavy atom. The third-order valence-electron chi connectivity index (χ3n) is 3.58. The SMILES string of the molecule is C#CCNC(=O)c1ccccc1Nc1ccc(C(=N)C(=O)NC)c(N)c1. The highest BCUT2D eigenvalue weighted by Gasteiger charge is 2.14. The van der Waals surface area contributed by atoms with E-state index in [2.05, 4.69) is 21.9 Å². The number of benzene rings is 2. The molecule has 6 N–H and O–H groups in total. The van der Waals surface area contributed by atoms with Crippen LogP contribution in [0.5, 0.6) is 0 Å². The first-order valence-electron chi connectivity index (χ1n) is 7.76. The Balaban J connectivity index is 2.26. The lowest BCUT2D eigenvalue weighted by Gasteiger charge is -2.13. The fourth-order valence-electron chi connectivity index (χ4n) is 2.29. The number of likely N-dealkylation sites (N-methyl/N-ethyl adjacent to an activating group) is 1. The van der Waals surface area contributed by atoms with Crippen molar-refractivity contribution in [2.24, 2.45) is 0 Å². The first-order chi connectivity index (χ1) is 12.5. The van der Waals surface area contributed by atoms with Crippen LogP contribution < -0.4 is 21.7 Å². The summed E-state index contributed by atoms with van der Waals surface area (Å²) in [4.78, 5) is 23.8. The summed E-state index contributed by atoms with van der Waals surface area (Å²) in [6.45, 7) is 0.135. The zero-order chi connectivity index (χ0) is 19.1. The molecule has 0 saturated carbocycles. The molecule has 0 spiro atoms. The summed E-state index contributed by atoms with van der Waals surface area (Å²) in [5.41, 5.74) is 7.99. The van der Waals surface area contributed by atoms with E-state index in [9.17, 15) is 9.59 Å². The van der Waals surface area contributed by atoms with Gasteiger partial charge in [0.25, 0.3) is 11.8 Å². The van der Waals surface area contributed by atoms with Gasteiger partial charge in [0.05, 0.1) is 17.8 Å². The van der Waals surface area contributed by atoms with E-state index in [4.69, 9.17) is 17.6 Å². The van der Waals surface area contributed by atoms with Crippen molar-refractivity contribution in [1.82, 2.24) is 10.6 Å². The van der Waals surface area contributed by atoms with Crippen molar-refractivity contribution in [1.29, 1.82) is 5.41 Å². The molecule has 0 aliphatic rings. The lowest BCUT2D eigenvalue weighted by Crippen LogP contribution is -2.28. The second kappa shape index (κ2) is 8.35. The lowest BCUT2D eigenvalue weighted by molar-refractivity contribution is -0.114. The van der Waals surface area contributed by atoms with Crippen LogP contribution in [0.15, 0.2) is 42.5 Å². The molecule has 0 saturated heterocycles. The molecule has 0 atom stereocenters. The van der Waals surface area contributed by atoms with E-state index in [0.717, 1.165) is 0 Å². The van der Waals surface area contributed by atoms with Crippen LogP contribution >= 0.6 is 0 Å². The number of carbonyl (C=O) groups is 2. The summed E-state index contributed by atoms with van der Waals surface area (Å²) in [5, 5.41) is 16.0. The maximum atomic E-state index is 12.2. The van der Waals surface area contributed by atoms with Crippen LogP contribution in [-0.2, 0) is 4.79 Å². The van der Waals surface area contributed by atoms with Gasteiger partial charge >= 0.3 is 0 Å². The molecule has 0 unspecified atom stereocenters. The number of nitrogens with two attached hydrogens (primary N) is 1. The van der Waals surface area contributed by atoms with Gasteiger partial charge in [0.1, 0.15) is 5.71 Å². The second-order valence-corrected chi connectivity index (χ2v) is 5.31. The molecule has 0 radical (unpaired) electrons. The molecule has 2 rings (SSSR count). The van der Waals surface area contributed by atoms with Crippen molar-refractivity contribution >= 4 is 34.6 Å². The smallest absolute Gasteiger partial charge is 0.269 e. The van der Waals surface area contributed by atoms with Crippen LogP contribution in [0.4, 0.5) is 17.1 Å². The van der Waals surface area contributed by atoms with Gasteiger partial charge in [-0.15, -0.1) is 6.42 Å². The van der Waals surface area contributed by atoms with Gasteiger partial charge in [-0.25, -0.2) is 0 Å². The maximum Gasteiger partial charge on any atom is 0.269 e. The normalized spacial score (nSPS) is 9.69. The summed E-state index contributed by atoms with van der Waals surface area (Å²) < 4.78 is 0. The van der Waals surface area contributed by atoms with Crippen LogP contribution in [0.3, 0.4) is 0 Å². The highest BCUT2D eigenvalue weighted by atomic mass is 16.2. The van der Waals surface area contributed by atoms with E-state index in [1.807, 2.05) is 0 Å². The molecule has 0 aromatic heterocycles. The van der Waals surface area contributed by atoms with Crippen LogP contribution in [0.2, 0.25) is 0 Å². The van der Waals surface area contributed by atoms with Gasteiger partial charge in [0.15, 0.2) is 0 Å². The van der Waals surface area contributed by atoms with Gasteiger partial charge in [0, 0.05) is 24.0 Å². The lowest BCUT2D eigenvalue weighted by atomic mass is 10.1. The number of para-hydroxylation sites is 1. The zero-order valence-corrected chi connectivity index (χ0v) is 14.2. The van der Waals surface area contributed by atoms with Gasteiger partial charge in [0.2, 0.25) is 0 Å². The predicted octanol–water partition coefficient (Wildman–Crippen LogP) is 1.49. The van der Waals surface area contributed by atoms with Crippen LogP contribution in [0.1, 0.15) is 15.9 Å². The van der Waals surface area contributed by atoms with Crippen molar-refractivity contribution in [3.8, 4) is 12.3 Å². The summed E-state index contributed by atoms with van der Waals surface area (Å²) >= 11 is 0. The summed E-state index contributed by atoms with van der Waals surface area (Å²) in [6.07, 6.45) is 5.16. The minimum Gasteiger partial charge on any atom is -0.398 e. The number of terminal acetylenes is 1. The Labute approximate surface area is 151 Å². The maximum absolute atomic E-state index is 12.2. The zero-order valence-electron chi connectivity index (χ0n) is 14.2. The molecule has 0 aliphatic heterocycles. The van der Waals surface area contributed by atoms with Gasteiger partial charge < -0.3 is 21.7 Å². The molecule has 0 bridgehead atoms. The standard InChI is InChI=1S/C19H19N5O2/c1-3-10-23-18(25)14-6-4-5-7-16(14)24-12-8-9-13(15(20)11-12)17(21)19(26)22-2/h1,4-9,11,21,24H,10,20H2,2H3,(H,22,26)(H,23,25). The van der Waals surface area contributed by atoms with E-state index in [0.29, 0.717) is 22.5 Å². The molecule has 7 heteroatoms. The molecule has 26 heavy (non-hydrogen) atoms. The van der Waals surface area contributed by atoms with Gasteiger partial charge in [-0.2, -0.15) is 0 Å². The highest BCUT2D eigenvalue weighted by molar-refractivity contribution is 6.45. The minimum absolute atomic E-state index is 0.135. The second-order valence-electron chi connectivity index (χ2n) is 5.31. The molecule has 0 fully saturated rings. The largest absolute Gasteiger partial charge is 0.398 e. The fourth-order valence-corrected chi connectivity index (χ4v) is 2.29. The molecule has 0 aliphatic carbocycles. The van der Waals surface area contributed by atoms with Gasteiger partial charge in [-0.3, -0.25) is 15.0 Å². The predicted molar refractivity (Wildman–Crippen MR) is 103 cm³/mol. The third kappa shape index (κ3) is 4.19. The number of nitrogen functional groups attached to an aromatic ring is 1. The average molecular weight is 349 g/mol. The topological polar surface area (TPSA) is 120 Å². The number of hydrogen-bond acceptors (Lipinski definition) is 5. The Kier molecular flexibility index (Phi) is 5.96. The molecular formula is C19H19N5O2. The van der Waals surface area contributed by atoms with Crippen molar-refractivity contribution in [2.75, 3.05) is 24.6 Å². The number of carbonyl (C=O) groups excluding carboxylic acids is 2. The van der Waals surface area contributed by atoms with Crippen molar-refractivity contribution in [2.45, 2.75) is 0 Å². The quantitative estimate of drug-likeness (QED) is 0.308. The Hall–Kier alpha value is -3.79. The van der Waals surface area contributed by atoms with E-state index < -0.39 is 5.91 Å². The number of anilines is 3. The monoisotopic (exact) mass is 349 g/mol. The molecule has 2 amide bonds.